The van der Waals surface area contributed by atoms with Crippen LogP contribution in [0.5, 0.6) is 23.0 Å². The van der Waals surface area contributed by atoms with Gasteiger partial charge in [-0.3, -0.25) is 0 Å². The third kappa shape index (κ3) is 5.16. The van der Waals surface area contributed by atoms with E-state index in [0.717, 1.165) is 23.0 Å². The smallest absolute Gasteiger partial charge is 0.131 e. The van der Waals surface area contributed by atoms with Crippen LogP contribution in [0, 0.1) is 0 Å². The standard InChI is InChI=1S/C26H30O2/c1-25(2,3)19-10-7-12-21(16-19)27-23-14-9-15-24(18-23)28-22-13-8-11-20(17-22)26(4,5)6/h7-18H,1-6H3. The highest BCUT2D eigenvalue weighted by Gasteiger charge is 2.15. The fourth-order valence-electron chi connectivity index (χ4n) is 2.93. The molecule has 0 heterocycles. The van der Waals surface area contributed by atoms with Crippen LogP contribution in [0.4, 0.5) is 0 Å². The average Bonchev–Trinajstić information content (AvgIpc) is 2.61. The molecule has 0 atom stereocenters. The molecule has 0 aliphatic heterocycles. The van der Waals surface area contributed by atoms with E-state index >= 15 is 0 Å². The first-order valence-corrected chi connectivity index (χ1v) is 9.78. The Morgan fingerprint density at radius 3 is 1.14 bits per heavy atom. The van der Waals surface area contributed by atoms with E-state index in [1.54, 1.807) is 0 Å². The van der Waals surface area contributed by atoms with E-state index in [2.05, 4.69) is 65.8 Å². The molecule has 0 unspecified atom stereocenters. The Morgan fingerprint density at radius 1 is 0.464 bits per heavy atom. The van der Waals surface area contributed by atoms with Crippen molar-refractivity contribution in [2.75, 3.05) is 0 Å². The van der Waals surface area contributed by atoms with Crippen LogP contribution in [0.3, 0.4) is 0 Å². The van der Waals surface area contributed by atoms with Gasteiger partial charge in [0.25, 0.3) is 0 Å². The number of rotatable bonds is 4. The summed E-state index contributed by atoms with van der Waals surface area (Å²) in [6.45, 7) is 13.2. The van der Waals surface area contributed by atoms with Crippen LogP contribution in [0.15, 0.2) is 72.8 Å². The SMILES string of the molecule is CC(C)(C)c1cccc(Oc2cccc(Oc3cccc(C(C)(C)C)c3)c2)c1. The lowest BCUT2D eigenvalue weighted by atomic mass is 9.87. The zero-order valence-corrected chi connectivity index (χ0v) is 17.7. The molecule has 0 aromatic heterocycles. The molecule has 28 heavy (non-hydrogen) atoms. The van der Waals surface area contributed by atoms with Gasteiger partial charge in [0.1, 0.15) is 23.0 Å². The zero-order chi connectivity index (χ0) is 20.4. The first kappa shape index (κ1) is 20.0. The normalized spacial score (nSPS) is 11.9. The van der Waals surface area contributed by atoms with Gasteiger partial charge in [0.05, 0.1) is 0 Å². The van der Waals surface area contributed by atoms with Gasteiger partial charge in [-0.1, -0.05) is 71.9 Å². The van der Waals surface area contributed by atoms with Crippen molar-refractivity contribution in [1.29, 1.82) is 0 Å². The molecule has 0 fully saturated rings. The predicted molar refractivity (Wildman–Crippen MR) is 117 cm³/mol. The quantitative estimate of drug-likeness (QED) is 0.462. The summed E-state index contributed by atoms with van der Waals surface area (Å²) in [6, 6.07) is 24.3. The van der Waals surface area contributed by atoms with E-state index in [1.807, 2.05) is 48.5 Å². The second-order valence-corrected chi connectivity index (χ2v) is 9.23. The van der Waals surface area contributed by atoms with Crippen LogP contribution >= 0.6 is 0 Å². The minimum atomic E-state index is 0.0857. The Bertz CT molecular complexity index is 868. The molecule has 0 bridgehead atoms. The van der Waals surface area contributed by atoms with E-state index in [4.69, 9.17) is 9.47 Å². The molecule has 0 amide bonds. The maximum absolute atomic E-state index is 6.09. The first-order chi connectivity index (χ1) is 13.1. The summed E-state index contributed by atoms with van der Waals surface area (Å²) in [7, 11) is 0. The van der Waals surface area contributed by atoms with Crippen LogP contribution in [0.1, 0.15) is 52.7 Å². The van der Waals surface area contributed by atoms with Gasteiger partial charge in [0, 0.05) is 6.07 Å². The molecular weight excluding hydrogens is 344 g/mol. The lowest BCUT2D eigenvalue weighted by Crippen LogP contribution is -2.10. The number of hydrogen-bond acceptors (Lipinski definition) is 2. The van der Waals surface area contributed by atoms with Crippen LogP contribution in [-0.4, -0.2) is 0 Å². The summed E-state index contributed by atoms with van der Waals surface area (Å²) >= 11 is 0. The van der Waals surface area contributed by atoms with E-state index in [9.17, 15) is 0 Å². The van der Waals surface area contributed by atoms with Gasteiger partial charge in [-0.05, 0) is 58.4 Å². The molecule has 3 aromatic carbocycles. The number of benzene rings is 3. The molecule has 146 valence electrons. The number of hydrogen-bond donors (Lipinski definition) is 0. The minimum absolute atomic E-state index is 0.0857. The maximum atomic E-state index is 6.09. The highest BCUT2D eigenvalue weighted by atomic mass is 16.5. The fourth-order valence-corrected chi connectivity index (χ4v) is 2.93. The first-order valence-electron chi connectivity index (χ1n) is 9.78. The second-order valence-electron chi connectivity index (χ2n) is 9.23. The Morgan fingerprint density at radius 2 is 0.786 bits per heavy atom. The van der Waals surface area contributed by atoms with Crippen molar-refractivity contribution in [3.8, 4) is 23.0 Å². The molecule has 0 saturated carbocycles. The largest absolute Gasteiger partial charge is 0.457 e. The van der Waals surface area contributed by atoms with Gasteiger partial charge in [-0.15, -0.1) is 0 Å². The number of ether oxygens (including phenoxy) is 2. The third-order valence-corrected chi connectivity index (χ3v) is 4.68. The van der Waals surface area contributed by atoms with Crippen LogP contribution in [0.2, 0.25) is 0 Å². The molecule has 3 aromatic rings. The molecule has 0 spiro atoms. The van der Waals surface area contributed by atoms with Crippen molar-refractivity contribution in [1.82, 2.24) is 0 Å². The summed E-state index contributed by atoms with van der Waals surface area (Å²) in [5, 5.41) is 0. The Hall–Kier alpha value is -2.74. The van der Waals surface area contributed by atoms with E-state index in [-0.39, 0.29) is 10.8 Å². The molecule has 0 aliphatic carbocycles. The third-order valence-electron chi connectivity index (χ3n) is 4.68. The van der Waals surface area contributed by atoms with Crippen molar-refractivity contribution in [2.24, 2.45) is 0 Å². The Balaban J connectivity index is 1.78. The van der Waals surface area contributed by atoms with Crippen molar-refractivity contribution >= 4 is 0 Å². The van der Waals surface area contributed by atoms with Gasteiger partial charge in [0.15, 0.2) is 0 Å². The van der Waals surface area contributed by atoms with E-state index in [0.29, 0.717) is 0 Å². The average molecular weight is 375 g/mol. The van der Waals surface area contributed by atoms with Crippen molar-refractivity contribution in [2.45, 2.75) is 52.4 Å². The van der Waals surface area contributed by atoms with Crippen molar-refractivity contribution in [3.05, 3.63) is 83.9 Å². The second kappa shape index (κ2) is 7.71. The van der Waals surface area contributed by atoms with Crippen LogP contribution < -0.4 is 9.47 Å². The molecular formula is C26H30O2. The molecule has 3 rings (SSSR count). The molecule has 0 saturated heterocycles. The van der Waals surface area contributed by atoms with Gasteiger partial charge in [0.2, 0.25) is 0 Å². The Kier molecular flexibility index (Phi) is 5.51. The summed E-state index contributed by atoms with van der Waals surface area (Å²) in [5.74, 6) is 3.18. The van der Waals surface area contributed by atoms with Crippen molar-refractivity contribution in [3.63, 3.8) is 0 Å². The van der Waals surface area contributed by atoms with Crippen molar-refractivity contribution < 1.29 is 9.47 Å². The monoisotopic (exact) mass is 374 g/mol. The highest BCUT2D eigenvalue weighted by molar-refractivity contribution is 5.42. The van der Waals surface area contributed by atoms with Gasteiger partial charge in [-0.2, -0.15) is 0 Å². The summed E-state index contributed by atoms with van der Waals surface area (Å²) in [6.07, 6.45) is 0. The summed E-state index contributed by atoms with van der Waals surface area (Å²) in [4.78, 5) is 0. The molecule has 2 nitrogen and oxygen atoms in total. The van der Waals surface area contributed by atoms with Crippen LogP contribution in [-0.2, 0) is 10.8 Å². The Labute approximate surface area is 169 Å². The van der Waals surface area contributed by atoms with Gasteiger partial charge >= 0.3 is 0 Å². The minimum Gasteiger partial charge on any atom is -0.457 e. The van der Waals surface area contributed by atoms with E-state index < -0.39 is 0 Å². The van der Waals surface area contributed by atoms with Crippen LogP contribution in [0.25, 0.3) is 0 Å². The highest BCUT2D eigenvalue weighted by Crippen LogP contribution is 2.32. The van der Waals surface area contributed by atoms with Gasteiger partial charge < -0.3 is 9.47 Å². The van der Waals surface area contributed by atoms with Gasteiger partial charge in [-0.25, -0.2) is 0 Å². The topological polar surface area (TPSA) is 18.5 Å². The molecule has 2 heteroatoms. The summed E-state index contributed by atoms with van der Waals surface area (Å²) < 4.78 is 12.2. The lowest BCUT2D eigenvalue weighted by Gasteiger charge is -2.20. The fraction of sp³-hybridized carbons (Fsp3) is 0.308. The molecule has 0 N–H and O–H groups in total. The molecule has 0 radical (unpaired) electrons. The molecule has 0 aliphatic rings. The lowest BCUT2D eigenvalue weighted by molar-refractivity contribution is 0.457. The zero-order valence-electron chi connectivity index (χ0n) is 17.7. The summed E-state index contributed by atoms with van der Waals surface area (Å²) in [5.41, 5.74) is 2.66. The van der Waals surface area contributed by atoms with E-state index in [1.165, 1.54) is 11.1 Å². The maximum Gasteiger partial charge on any atom is 0.131 e. The predicted octanol–water partition coefficient (Wildman–Crippen LogP) is 7.87.